The Labute approximate surface area is 203 Å². The van der Waals surface area contributed by atoms with Gasteiger partial charge in [-0.25, -0.2) is 4.98 Å². The molecule has 0 spiro atoms. The molecule has 176 valence electrons. The second-order valence-corrected chi connectivity index (χ2v) is 8.65. The predicted octanol–water partition coefficient (Wildman–Crippen LogP) is 4.85. The number of anilines is 1. The van der Waals surface area contributed by atoms with Crippen LogP contribution in [0, 0.1) is 17.3 Å². The van der Waals surface area contributed by atoms with E-state index in [1.807, 2.05) is 48.0 Å². The summed E-state index contributed by atoms with van der Waals surface area (Å²) in [5.74, 6) is 1.36. The van der Waals surface area contributed by atoms with Crippen molar-refractivity contribution in [3.05, 3.63) is 90.0 Å². The topological polar surface area (TPSA) is 79.9 Å². The van der Waals surface area contributed by atoms with E-state index in [2.05, 4.69) is 26.2 Å². The summed E-state index contributed by atoms with van der Waals surface area (Å²) in [5, 5.41) is 18.3. The number of halogens is 1. The molecular formula is C27H25FN6O. The standard InChI is InChI=1S/C27H25FN6O/c1-33-18-31-32-27(33)20-11-13-34(14-12-20)26-21(15-29)7-9-23(35-17-19-5-3-2-4-6-19)25(26)22-8-10-24(28)30-16-22/h2-10,16,18,20H,11-14,17H2,1H3. The highest BCUT2D eigenvalue weighted by atomic mass is 19.1. The van der Waals surface area contributed by atoms with E-state index < -0.39 is 5.95 Å². The summed E-state index contributed by atoms with van der Waals surface area (Å²) in [6, 6.07) is 18.9. The van der Waals surface area contributed by atoms with Gasteiger partial charge in [0.2, 0.25) is 5.95 Å². The van der Waals surface area contributed by atoms with Crippen LogP contribution in [-0.2, 0) is 13.7 Å². The number of hydrogen-bond acceptors (Lipinski definition) is 6. The van der Waals surface area contributed by atoms with Crippen LogP contribution in [0.5, 0.6) is 5.75 Å². The Kier molecular flexibility index (Phi) is 6.40. The average Bonchev–Trinajstić information content (AvgIpc) is 3.34. The molecule has 1 fully saturated rings. The highest BCUT2D eigenvalue weighted by Gasteiger charge is 2.28. The minimum absolute atomic E-state index is 0.303. The van der Waals surface area contributed by atoms with Gasteiger partial charge in [-0.1, -0.05) is 30.3 Å². The van der Waals surface area contributed by atoms with Crippen LogP contribution in [0.1, 0.15) is 35.7 Å². The highest BCUT2D eigenvalue weighted by molar-refractivity contribution is 5.87. The predicted molar refractivity (Wildman–Crippen MR) is 130 cm³/mol. The molecule has 0 saturated carbocycles. The number of aromatic nitrogens is 4. The third-order valence-corrected chi connectivity index (χ3v) is 6.44. The van der Waals surface area contributed by atoms with Crippen molar-refractivity contribution in [2.45, 2.75) is 25.4 Å². The summed E-state index contributed by atoms with van der Waals surface area (Å²) in [6.07, 6.45) is 4.99. The van der Waals surface area contributed by atoms with Gasteiger partial charge in [-0.2, -0.15) is 9.65 Å². The number of nitrogens with zero attached hydrogens (tertiary/aromatic N) is 6. The molecule has 2 aromatic carbocycles. The second kappa shape index (κ2) is 9.94. The Balaban J connectivity index is 1.52. The number of ether oxygens (including phenoxy) is 1. The molecule has 1 aliphatic rings. The van der Waals surface area contributed by atoms with Gasteiger partial charge in [0.05, 0.1) is 16.8 Å². The van der Waals surface area contributed by atoms with Gasteiger partial charge in [0.25, 0.3) is 0 Å². The molecule has 5 rings (SSSR count). The zero-order valence-electron chi connectivity index (χ0n) is 19.4. The zero-order valence-corrected chi connectivity index (χ0v) is 19.4. The minimum atomic E-state index is -0.553. The quantitative estimate of drug-likeness (QED) is 0.376. The van der Waals surface area contributed by atoms with Crippen LogP contribution in [0.4, 0.5) is 10.1 Å². The van der Waals surface area contributed by atoms with E-state index in [0.29, 0.717) is 29.4 Å². The summed E-state index contributed by atoms with van der Waals surface area (Å²) in [4.78, 5) is 6.09. The van der Waals surface area contributed by atoms with Crippen molar-refractivity contribution in [2.75, 3.05) is 18.0 Å². The molecular weight excluding hydrogens is 443 g/mol. The van der Waals surface area contributed by atoms with Crippen molar-refractivity contribution in [2.24, 2.45) is 7.05 Å². The van der Waals surface area contributed by atoms with Gasteiger partial charge >= 0.3 is 0 Å². The molecule has 0 bridgehead atoms. The van der Waals surface area contributed by atoms with Crippen molar-refractivity contribution in [1.29, 1.82) is 5.26 Å². The Morgan fingerprint density at radius 1 is 1.09 bits per heavy atom. The summed E-state index contributed by atoms with van der Waals surface area (Å²) in [5.41, 5.74) is 3.84. The summed E-state index contributed by atoms with van der Waals surface area (Å²) in [6.45, 7) is 1.87. The van der Waals surface area contributed by atoms with Gasteiger partial charge in [-0.05, 0) is 42.7 Å². The van der Waals surface area contributed by atoms with Gasteiger partial charge in [0.15, 0.2) is 0 Å². The second-order valence-electron chi connectivity index (χ2n) is 8.65. The monoisotopic (exact) mass is 468 g/mol. The van der Waals surface area contributed by atoms with E-state index in [4.69, 9.17) is 4.74 Å². The van der Waals surface area contributed by atoms with Gasteiger partial charge in [-0.15, -0.1) is 10.2 Å². The highest BCUT2D eigenvalue weighted by Crippen LogP contribution is 2.43. The van der Waals surface area contributed by atoms with E-state index >= 15 is 0 Å². The van der Waals surface area contributed by atoms with Crippen LogP contribution in [0.2, 0.25) is 0 Å². The number of rotatable bonds is 6. The van der Waals surface area contributed by atoms with Gasteiger partial charge in [0.1, 0.15) is 30.6 Å². The van der Waals surface area contributed by atoms with E-state index in [9.17, 15) is 9.65 Å². The van der Waals surface area contributed by atoms with Crippen molar-refractivity contribution >= 4 is 5.69 Å². The van der Waals surface area contributed by atoms with E-state index in [0.717, 1.165) is 48.6 Å². The maximum absolute atomic E-state index is 13.7. The average molecular weight is 469 g/mol. The largest absolute Gasteiger partial charge is 0.488 e. The first-order valence-electron chi connectivity index (χ1n) is 11.6. The van der Waals surface area contributed by atoms with Crippen LogP contribution in [0.25, 0.3) is 11.1 Å². The van der Waals surface area contributed by atoms with Gasteiger partial charge in [0, 0.05) is 37.8 Å². The molecule has 0 unspecified atom stereocenters. The minimum Gasteiger partial charge on any atom is -0.488 e. The summed E-state index contributed by atoms with van der Waals surface area (Å²) >= 11 is 0. The first-order valence-corrected chi connectivity index (χ1v) is 11.6. The van der Waals surface area contributed by atoms with Crippen molar-refractivity contribution in [3.8, 4) is 22.9 Å². The molecule has 0 atom stereocenters. The van der Waals surface area contributed by atoms with E-state index in [-0.39, 0.29) is 0 Å². The van der Waals surface area contributed by atoms with E-state index in [1.54, 1.807) is 18.5 Å². The van der Waals surface area contributed by atoms with Crippen LogP contribution in [0.15, 0.2) is 67.1 Å². The summed E-state index contributed by atoms with van der Waals surface area (Å²) in [7, 11) is 1.96. The number of aryl methyl sites for hydroxylation is 1. The fourth-order valence-corrected chi connectivity index (χ4v) is 4.67. The summed E-state index contributed by atoms with van der Waals surface area (Å²) < 4.78 is 21.9. The Morgan fingerprint density at radius 3 is 2.54 bits per heavy atom. The smallest absolute Gasteiger partial charge is 0.212 e. The lowest BCUT2D eigenvalue weighted by molar-refractivity contribution is 0.307. The maximum atomic E-state index is 13.7. The third kappa shape index (κ3) is 4.71. The Bertz CT molecular complexity index is 1340. The van der Waals surface area contributed by atoms with E-state index in [1.165, 1.54) is 12.3 Å². The lowest BCUT2D eigenvalue weighted by Crippen LogP contribution is -2.34. The number of benzene rings is 2. The van der Waals surface area contributed by atoms with Crippen molar-refractivity contribution in [3.63, 3.8) is 0 Å². The molecule has 1 aliphatic heterocycles. The molecule has 4 aromatic rings. The van der Waals surface area contributed by atoms with Crippen LogP contribution in [-0.4, -0.2) is 32.8 Å². The number of pyridine rings is 1. The number of hydrogen-bond donors (Lipinski definition) is 0. The first-order chi connectivity index (χ1) is 17.1. The van der Waals surface area contributed by atoms with Crippen LogP contribution >= 0.6 is 0 Å². The molecule has 0 aliphatic carbocycles. The van der Waals surface area contributed by atoms with Crippen LogP contribution < -0.4 is 9.64 Å². The molecule has 35 heavy (non-hydrogen) atoms. The lowest BCUT2D eigenvalue weighted by atomic mass is 9.93. The zero-order chi connectivity index (χ0) is 24.2. The number of nitriles is 1. The SMILES string of the molecule is Cn1cnnc1C1CCN(c2c(C#N)ccc(OCc3ccccc3)c2-c2ccc(F)nc2)CC1. The Morgan fingerprint density at radius 2 is 1.89 bits per heavy atom. The normalized spacial score (nSPS) is 14.0. The van der Waals surface area contributed by atoms with Crippen molar-refractivity contribution < 1.29 is 9.13 Å². The van der Waals surface area contributed by atoms with Gasteiger partial charge < -0.3 is 14.2 Å². The lowest BCUT2D eigenvalue weighted by Gasteiger charge is -2.35. The third-order valence-electron chi connectivity index (χ3n) is 6.44. The molecule has 8 heteroatoms. The fraction of sp³-hybridized carbons (Fsp3) is 0.259. The molecule has 0 radical (unpaired) electrons. The molecule has 1 saturated heterocycles. The molecule has 7 nitrogen and oxygen atoms in total. The Hall–Kier alpha value is -4.25. The fourth-order valence-electron chi connectivity index (χ4n) is 4.67. The van der Waals surface area contributed by atoms with Crippen LogP contribution in [0.3, 0.4) is 0 Å². The molecule has 3 heterocycles. The number of piperidine rings is 1. The first kappa shape index (κ1) is 22.5. The molecule has 2 aromatic heterocycles. The molecule has 0 N–H and O–H groups in total. The maximum Gasteiger partial charge on any atom is 0.212 e. The van der Waals surface area contributed by atoms with Gasteiger partial charge in [-0.3, -0.25) is 0 Å². The van der Waals surface area contributed by atoms with Crippen molar-refractivity contribution in [1.82, 2.24) is 19.7 Å². The molecule has 0 amide bonds.